The molecule has 21 heavy (non-hydrogen) atoms. The van der Waals surface area contributed by atoms with Crippen LogP contribution in [0.15, 0.2) is 12.4 Å². The molecule has 114 valence electrons. The largest absolute Gasteiger partial charge is 0.445 e. The fraction of sp³-hybridized carbons (Fsp3) is 0.583. The Labute approximate surface area is 123 Å². The molecule has 1 saturated heterocycles. The summed E-state index contributed by atoms with van der Waals surface area (Å²) in [6.45, 7) is 1.24. The zero-order valence-corrected chi connectivity index (χ0v) is 11.9. The lowest BCUT2D eigenvalue weighted by atomic mass is 9.98. The van der Waals surface area contributed by atoms with Crippen LogP contribution in [-0.4, -0.2) is 31.8 Å². The van der Waals surface area contributed by atoms with Crippen molar-refractivity contribution in [1.82, 2.24) is 25.3 Å². The summed E-state index contributed by atoms with van der Waals surface area (Å²) < 4.78 is 37.7. The van der Waals surface area contributed by atoms with E-state index in [1.165, 1.54) is 0 Å². The summed E-state index contributed by atoms with van der Waals surface area (Å²) >= 11 is 0.620. The fourth-order valence-electron chi connectivity index (χ4n) is 2.61. The third-order valence-electron chi connectivity index (χ3n) is 3.57. The zero-order chi connectivity index (χ0) is 14.9. The van der Waals surface area contributed by atoms with Gasteiger partial charge in [-0.05, 0) is 19.4 Å². The van der Waals surface area contributed by atoms with Crippen LogP contribution in [0.5, 0.6) is 0 Å². The third kappa shape index (κ3) is 3.24. The topological polar surface area (TPSA) is 57.7 Å². The van der Waals surface area contributed by atoms with Crippen LogP contribution in [0.1, 0.15) is 40.9 Å². The van der Waals surface area contributed by atoms with Gasteiger partial charge in [-0.15, -0.1) is 10.2 Å². The maximum Gasteiger partial charge on any atom is 0.445 e. The van der Waals surface area contributed by atoms with Crippen molar-refractivity contribution in [3.8, 4) is 0 Å². The van der Waals surface area contributed by atoms with Crippen LogP contribution in [0, 0.1) is 0 Å². The lowest BCUT2D eigenvalue weighted by Crippen LogP contribution is -2.32. The Morgan fingerprint density at radius 2 is 2.19 bits per heavy atom. The first-order valence-electron chi connectivity index (χ1n) is 6.66. The quantitative estimate of drug-likeness (QED) is 0.945. The number of alkyl halides is 3. The highest BCUT2D eigenvalue weighted by molar-refractivity contribution is 7.11. The summed E-state index contributed by atoms with van der Waals surface area (Å²) in [7, 11) is 0. The average molecular weight is 317 g/mol. The van der Waals surface area contributed by atoms with Gasteiger partial charge < -0.3 is 0 Å². The molecule has 1 aliphatic heterocycles. The number of hydrogen-bond donors (Lipinski definition) is 1. The number of nitrogens with one attached hydrogen (secondary N) is 1. The molecule has 1 aliphatic rings. The molecule has 1 N–H and O–H groups in total. The van der Waals surface area contributed by atoms with Crippen molar-refractivity contribution in [2.75, 3.05) is 6.54 Å². The van der Waals surface area contributed by atoms with E-state index >= 15 is 0 Å². The molecule has 2 aromatic heterocycles. The Hall–Kier alpha value is -1.48. The number of aromatic nitrogens is 4. The number of aromatic amines is 1. The molecule has 2 aromatic rings. The minimum atomic E-state index is -4.41. The molecule has 0 aliphatic carbocycles. The molecule has 1 atom stereocenters. The Kier molecular flexibility index (Phi) is 3.94. The lowest BCUT2D eigenvalue weighted by molar-refractivity contribution is -0.138. The first kappa shape index (κ1) is 14.5. The molecule has 3 rings (SSSR count). The monoisotopic (exact) mass is 317 g/mol. The van der Waals surface area contributed by atoms with E-state index in [4.69, 9.17) is 0 Å². The summed E-state index contributed by atoms with van der Waals surface area (Å²) in [6.07, 6.45) is 2.32. The standard InChI is InChI=1S/C12H14F3N5S/c13-12(14,15)11-19-18-10(21-11)7-20-4-2-1-3-9(20)8-5-16-17-6-8/h5-6,9H,1-4,7H2,(H,16,17)/t9-/m1/s1. The van der Waals surface area contributed by atoms with Crippen LogP contribution in [0.3, 0.4) is 0 Å². The van der Waals surface area contributed by atoms with Gasteiger partial charge in [-0.1, -0.05) is 17.8 Å². The SMILES string of the molecule is FC(F)(F)c1nnc(CN2CCCC[C@@H]2c2cn[nH]c2)s1. The summed E-state index contributed by atoms with van der Waals surface area (Å²) in [5, 5.41) is 13.2. The van der Waals surface area contributed by atoms with Gasteiger partial charge >= 0.3 is 6.18 Å². The maximum atomic E-state index is 12.6. The molecule has 5 nitrogen and oxygen atoms in total. The Balaban J connectivity index is 1.74. The van der Waals surface area contributed by atoms with E-state index in [9.17, 15) is 13.2 Å². The molecular weight excluding hydrogens is 303 g/mol. The molecule has 0 saturated carbocycles. The number of likely N-dealkylation sites (tertiary alicyclic amines) is 1. The number of nitrogens with zero attached hydrogens (tertiary/aromatic N) is 4. The van der Waals surface area contributed by atoms with E-state index in [0.717, 1.165) is 31.4 Å². The smallest absolute Gasteiger partial charge is 0.289 e. The Morgan fingerprint density at radius 3 is 2.86 bits per heavy atom. The summed E-state index contributed by atoms with van der Waals surface area (Å²) in [4.78, 5) is 2.15. The van der Waals surface area contributed by atoms with E-state index in [1.807, 2.05) is 6.20 Å². The number of halogens is 3. The maximum absolute atomic E-state index is 12.6. The van der Waals surface area contributed by atoms with Crippen molar-refractivity contribution in [2.24, 2.45) is 0 Å². The average Bonchev–Trinajstić information content (AvgIpc) is 3.09. The number of hydrogen-bond acceptors (Lipinski definition) is 5. The first-order valence-corrected chi connectivity index (χ1v) is 7.48. The minimum Gasteiger partial charge on any atom is -0.289 e. The third-order valence-corrected chi connectivity index (χ3v) is 4.52. The highest BCUT2D eigenvalue weighted by Gasteiger charge is 2.36. The number of piperidine rings is 1. The minimum absolute atomic E-state index is 0.177. The zero-order valence-electron chi connectivity index (χ0n) is 11.1. The summed E-state index contributed by atoms with van der Waals surface area (Å²) in [5.74, 6) is 0. The van der Waals surface area contributed by atoms with Gasteiger partial charge in [0.05, 0.1) is 12.7 Å². The molecule has 0 bridgehead atoms. The van der Waals surface area contributed by atoms with Gasteiger partial charge in [-0.3, -0.25) is 10.00 Å². The molecule has 1 fully saturated rings. The molecule has 0 aromatic carbocycles. The summed E-state index contributed by atoms with van der Waals surface area (Å²) in [5.41, 5.74) is 1.07. The van der Waals surface area contributed by atoms with Gasteiger partial charge in [-0.2, -0.15) is 18.3 Å². The predicted molar refractivity (Wildman–Crippen MR) is 70.5 cm³/mol. The molecule has 0 radical (unpaired) electrons. The van der Waals surface area contributed by atoms with Gasteiger partial charge in [0.25, 0.3) is 0 Å². The lowest BCUT2D eigenvalue weighted by Gasteiger charge is -2.34. The second-order valence-corrected chi connectivity index (χ2v) is 6.07. The molecule has 9 heteroatoms. The van der Waals surface area contributed by atoms with Gasteiger partial charge in [0.1, 0.15) is 5.01 Å². The van der Waals surface area contributed by atoms with Crippen molar-refractivity contribution in [2.45, 2.75) is 38.0 Å². The second kappa shape index (κ2) is 5.72. The normalized spacial score (nSPS) is 20.8. The molecule has 3 heterocycles. The first-order chi connectivity index (χ1) is 10.0. The van der Waals surface area contributed by atoms with Crippen LogP contribution in [0.25, 0.3) is 0 Å². The van der Waals surface area contributed by atoms with Crippen LogP contribution < -0.4 is 0 Å². The van der Waals surface area contributed by atoms with E-state index in [2.05, 4.69) is 25.3 Å². The molecule has 0 unspecified atom stereocenters. The molecular formula is C12H14F3N5S. The van der Waals surface area contributed by atoms with E-state index in [-0.39, 0.29) is 6.04 Å². The van der Waals surface area contributed by atoms with Crippen LogP contribution in [0.4, 0.5) is 13.2 Å². The highest BCUT2D eigenvalue weighted by atomic mass is 32.1. The second-order valence-electron chi connectivity index (χ2n) is 5.01. The fourth-order valence-corrected chi connectivity index (χ4v) is 3.34. The predicted octanol–water partition coefficient (Wildman–Crippen LogP) is 3.01. The Morgan fingerprint density at radius 1 is 1.33 bits per heavy atom. The summed E-state index contributed by atoms with van der Waals surface area (Å²) in [6, 6.07) is 0.177. The van der Waals surface area contributed by atoms with Crippen molar-refractivity contribution in [3.05, 3.63) is 28.0 Å². The van der Waals surface area contributed by atoms with Gasteiger partial charge in [0, 0.05) is 17.8 Å². The van der Waals surface area contributed by atoms with E-state index in [0.29, 0.717) is 22.9 Å². The van der Waals surface area contributed by atoms with Crippen molar-refractivity contribution in [1.29, 1.82) is 0 Å². The van der Waals surface area contributed by atoms with Crippen LogP contribution in [-0.2, 0) is 12.7 Å². The van der Waals surface area contributed by atoms with Gasteiger partial charge in [0.15, 0.2) is 0 Å². The highest BCUT2D eigenvalue weighted by Crippen LogP contribution is 2.34. The van der Waals surface area contributed by atoms with Crippen molar-refractivity contribution in [3.63, 3.8) is 0 Å². The van der Waals surface area contributed by atoms with Crippen molar-refractivity contribution < 1.29 is 13.2 Å². The number of rotatable bonds is 3. The molecule has 0 spiro atoms. The van der Waals surface area contributed by atoms with Crippen LogP contribution in [0.2, 0.25) is 0 Å². The van der Waals surface area contributed by atoms with E-state index in [1.54, 1.807) is 6.20 Å². The number of H-pyrrole nitrogens is 1. The van der Waals surface area contributed by atoms with Gasteiger partial charge in [-0.25, -0.2) is 0 Å². The van der Waals surface area contributed by atoms with Crippen molar-refractivity contribution >= 4 is 11.3 Å². The van der Waals surface area contributed by atoms with E-state index < -0.39 is 11.2 Å². The molecule has 0 amide bonds. The van der Waals surface area contributed by atoms with Crippen LogP contribution >= 0.6 is 11.3 Å². The van der Waals surface area contributed by atoms with Gasteiger partial charge in [0.2, 0.25) is 5.01 Å². The Bertz CT molecular complexity index is 580.